The van der Waals surface area contributed by atoms with Gasteiger partial charge in [-0.1, -0.05) is 0 Å². The molecule has 0 saturated heterocycles. The first kappa shape index (κ1) is 11.4. The summed E-state index contributed by atoms with van der Waals surface area (Å²) in [6.45, 7) is 3.15. The van der Waals surface area contributed by atoms with Crippen molar-refractivity contribution in [3.63, 3.8) is 0 Å². The van der Waals surface area contributed by atoms with Crippen molar-refractivity contribution in [3.05, 3.63) is 29.6 Å². The molecule has 16 heavy (non-hydrogen) atoms. The number of benzene rings is 1. The zero-order valence-electron chi connectivity index (χ0n) is 10.1. The van der Waals surface area contributed by atoms with Gasteiger partial charge in [-0.15, -0.1) is 0 Å². The topological polar surface area (TPSA) is 15.3 Å². The molecule has 1 aromatic carbocycles. The fourth-order valence-corrected chi connectivity index (χ4v) is 2.47. The van der Waals surface area contributed by atoms with Gasteiger partial charge in [-0.3, -0.25) is 0 Å². The van der Waals surface area contributed by atoms with Crippen LogP contribution >= 0.6 is 0 Å². The summed E-state index contributed by atoms with van der Waals surface area (Å²) in [5, 5.41) is 3.24. The minimum absolute atomic E-state index is 0.129. The van der Waals surface area contributed by atoms with Crippen LogP contribution in [0.1, 0.15) is 24.8 Å². The summed E-state index contributed by atoms with van der Waals surface area (Å²) in [6.07, 6.45) is 1.05. The number of hydrogen-bond acceptors (Lipinski definition) is 2. The second-order valence-corrected chi connectivity index (χ2v) is 4.71. The third kappa shape index (κ3) is 2.05. The van der Waals surface area contributed by atoms with Gasteiger partial charge in [0.25, 0.3) is 0 Å². The van der Waals surface area contributed by atoms with E-state index in [4.69, 9.17) is 0 Å². The van der Waals surface area contributed by atoms with Crippen molar-refractivity contribution in [2.24, 2.45) is 0 Å². The Labute approximate surface area is 96.5 Å². The summed E-state index contributed by atoms with van der Waals surface area (Å²) in [6, 6.07) is 5.58. The van der Waals surface area contributed by atoms with Crippen LogP contribution in [0.5, 0.6) is 0 Å². The molecule has 1 aliphatic heterocycles. The first-order valence-corrected chi connectivity index (χ1v) is 5.79. The predicted octanol–water partition coefficient (Wildman–Crippen LogP) is 2.36. The third-order valence-electron chi connectivity index (χ3n) is 3.47. The number of rotatable bonds is 3. The van der Waals surface area contributed by atoms with Gasteiger partial charge in [-0.2, -0.15) is 0 Å². The van der Waals surface area contributed by atoms with E-state index in [-0.39, 0.29) is 5.82 Å². The molecule has 88 valence electrons. The van der Waals surface area contributed by atoms with Crippen LogP contribution in [-0.4, -0.2) is 26.7 Å². The molecular weight excluding hydrogens is 203 g/mol. The van der Waals surface area contributed by atoms with Crippen LogP contribution in [0.4, 0.5) is 10.1 Å². The number of hydrogen-bond donors (Lipinski definition) is 1. The summed E-state index contributed by atoms with van der Waals surface area (Å²) in [4.78, 5) is 2.21. The Morgan fingerprint density at radius 3 is 3.00 bits per heavy atom. The van der Waals surface area contributed by atoms with Gasteiger partial charge < -0.3 is 10.2 Å². The molecule has 3 heteroatoms. The van der Waals surface area contributed by atoms with E-state index < -0.39 is 0 Å². The maximum Gasteiger partial charge on any atom is 0.123 e. The molecule has 2 nitrogen and oxygen atoms in total. The lowest BCUT2D eigenvalue weighted by Gasteiger charge is -2.16. The van der Waals surface area contributed by atoms with Crippen molar-refractivity contribution in [1.29, 1.82) is 0 Å². The highest BCUT2D eigenvalue weighted by molar-refractivity contribution is 5.59. The molecule has 0 aromatic heterocycles. The van der Waals surface area contributed by atoms with E-state index in [9.17, 15) is 4.39 Å². The maximum absolute atomic E-state index is 13.2. The second kappa shape index (κ2) is 4.42. The molecule has 2 unspecified atom stereocenters. The average molecular weight is 222 g/mol. The molecule has 2 atom stereocenters. The average Bonchev–Trinajstić information content (AvgIpc) is 2.55. The van der Waals surface area contributed by atoms with Gasteiger partial charge in [0, 0.05) is 31.2 Å². The molecule has 0 spiro atoms. The maximum atomic E-state index is 13.2. The van der Waals surface area contributed by atoms with E-state index in [0.717, 1.165) is 18.5 Å². The van der Waals surface area contributed by atoms with Gasteiger partial charge >= 0.3 is 0 Å². The monoisotopic (exact) mass is 222 g/mol. The SMILES string of the molecule is CNC(C)CC1CN(C)c2ccc(F)cc21. The first-order chi connectivity index (χ1) is 7.61. The fourth-order valence-electron chi connectivity index (χ4n) is 2.47. The summed E-state index contributed by atoms with van der Waals surface area (Å²) in [5.74, 6) is 0.314. The molecule has 0 amide bonds. The standard InChI is InChI=1S/C13H19FN2/c1-9(15-2)6-10-8-16(3)13-5-4-11(14)7-12(10)13/h4-5,7,9-10,15H,6,8H2,1-3H3. The summed E-state index contributed by atoms with van der Waals surface area (Å²) in [7, 11) is 4.04. The van der Waals surface area contributed by atoms with Crippen LogP contribution in [-0.2, 0) is 0 Å². The highest BCUT2D eigenvalue weighted by atomic mass is 19.1. The molecular formula is C13H19FN2. The highest BCUT2D eigenvalue weighted by Crippen LogP contribution is 2.37. The third-order valence-corrected chi connectivity index (χ3v) is 3.47. The summed E-state index contributed by atoms with van der Waals surface area (Å²) >= 11 is 0. The number of nitrogens with zero attached hydrogens (tertiary/aromatic N) is 1. The zero-order chi connectivity index (χ0) is 11.7. The van der Waals surface area contributed by atoms with E-state index in [1.165, 1.54) is 5.69 Å². The van der Waals surface area contributed by atoms with Gasteiger partial charge in [0.1, 0.15) is 5.82 Å². The van der Waals surface area contributed by atoms with E-state index in [1.54, 1.807) is 12.1 Å². The smallest absolute Gasteiger partial charge is 0.123 e. The normalized spacial score (nSPS) is 21.0. The van der Waals surface area contributed by atoms with Crippen molar-refractivity contribution in [3.8, 4) is 0 Å². The van der Waals surface area contributed by atoms with E-state index >= 15 is 0 Å². The first-order valence-electron chi connectivity index (χ1n) is 5.79. The van der Waals surface area contributed by atoms with E-state index in [0.29, 0.717) is 12.0 Å². The number of anilines is 1. The molecule has 1 aliphatic rings. The lowest BCUT2D eigenvalue weighted by molar-refractivity contribution is 0.507. The molecule has 1 heterocycles. The largest absolute Gasteiger partial charge is 0.374 e. The zero-order valence-corrected chi connectivity index (χ0v) is 10.1. The quantitative estimate of drug-likeness (QED) is 0.844. The molecule has 0 fully saturated rings. The van der Waals surface area contributed by atoms with Crippen molar-refractivity contribution >= 4 is 5.69 Å². The van der Waals surface area contributed by atoms with Crippen molar-refractivity contribution in [2.45, 2.75) is 25.3 Å². The minimum Gasteiger partial charge on any atom is -0.374 e. The molecule has 0 radical (unpaired) electrons. The lowest BCUT2D eigenvalue weighted by Crippen LogP contribution is -2.25. The Kier molecular flexibility index (Phi) is 3.15. The van der Waals surface area contributed by atoms with Crippen LogP contribution in [0.2, 0.25) is 0 Å². The van der Waals surface area contributed by atoms with Gasteiger partial charge in [0.15, 0.2) is 0 Å². The van der Waals surface area contributed by atoms with Gasteiger partial charge in [0.05, 0.1) is 0 Å². The molecule has 2 rings (SSSR count). The number of halogens is 1. The molecule has 0 saturated carbocycles. The van der Waals surface area contributed by atoms with Crippen LogP contribution in [0.3, 0.4) is 0 Å². The second-order valence-electron chi connectivity index (χ2n) is 4.71. The Morgan fingerprint density at radius 1 is 1.56 bits per heavy atom. The van der Waals surface area contributed by atoms with Crippen LogP contribution in [0.25, 0.3) is 0 Å². The fraction of sp³-hybridized carbons (Fsp3) is 0.538. The predicted molar refractivity (Wildman–Crippen MR) is 65.5 cm³/mol. The van der Waals surface area contributed by atoms with Crippen molar-refractivity contribution in [1.82, 2.24) is 5.32 Å². The number of likely N-dealkylation sites (N-methyl/N-ethyl adjacent to an activating group) is 1. The van der Waals surface area contributed by atoms with Crippen LogP contribution in [0.15, 0.2) is 18.2 Å². The highest BCUT2D eigenvalue weighted by Gasteiger charge is 2.27. The van der Waals surface area contributed by atoms with E-state index in [2.05, 4.69) is 24.2 Å². The van der Waals surface area contributed by atoms with Gasteiger partial charge in [-0.25, -0.2) is 4.39 Å². The number of nitrogens with one attached hydrogen (secondary N) is 1. The van der Waals surface area contributed by atoms with Gasteiger partial charge in [-0.05, 0) is 44.2 Å². The minimum atomic E-state index is -0.129. The van der Waals surface area contributed by atoms with Crippen LogP contribution in [0, 0.1) is 5.82 Å². The van der Waals surface area contributed by atoms with Gasteiger partial charge in [0.2, 0.25) is 0 Å². The Balaban J connectivity index is 2.24. The molecule has 0 aliphatic carbocycles. The Morgan fingerprint density at radius 2 is 2.31 bits per heavy atom. The summed E-state index contributed by atoms with van der Waals surface area (Å²) in [5.41, 5.74) is 2.33. The van der Waals surface area contributed by atoms with Crippen molar-refractivity contribution in [2.75, 3.05) is 25.5 Å². The summed E-state index contributed by atoms with van der Waals surface area (Å²) < 4.78 is 13.2. The van der Waals surface area contributed by atoms with Crippen molar-refractivity contribution < 1.29 is 4.39 Å². The lowest BCUT2D eigenvalue weighted by atomic mass is 9.94. The molecule has 1 aromatic rings. The Hall–Kier alpha value is -1.09. The number of fused-ring (bicyclic) bond motifs is 1. The van der Waals surface area contributed by atoms with E-state index in [1.807, 2.05) is 13.1 Å². The Bertz CT molecular complexity index is 378. The van der Waals surface area contributed by atoms with Crippen LogP contribution < -0.4 is 10.2 Å². The molecule has 1 N–H and O–H groups in total. The molecule has 0 bridgehead atoms.